The van der Waals surface area contributed by atoms with Crippen LogP contribution < -0.4 is 4.74 Å². The van der Waals surface area contributed by atoms with Crippen LogP contribution >= 0.6 is 27.7 Å². The minimum atomic E-state index is 0.778. The van der Waals surface area contributed by atoms with Crippen LogP contribution in [0, 0.1) is 0 Å². The number of piperidine rings is 1. The Bertz CT molecular complexity index is 367. The maximum absolute atomic E-state index is 5.77. The molecule has 0 saturated carbocycles. The number of ether oxygens (including phenoxy) is 1. The number of benzene rings is 1. The van der Waals surface area contributed by atoms with E-state index in [1.54, 1.807) is 0 Å². The predicted molar refractivity (Wildman–Crippen MR) is 82.6 cm³/mol. The molecule has 100 valence electrons. The number of rotatable bonds is 5. The molecule has 4 heteroatoms. The van der Waals surface area contributed by atoms with Crippen molar-refractivity contribution < 1.29 is 4.74 Å². The van der Waals surface area contributed by atoms with Crippen molar-refractivity contribution in [2.24, 2.45) is 0 Å². The molecule has 1 aliphatic rings. The SMILES string of the molecule is CSC1CCN(CCOc2cccc(Br)c2)CC1. The number of thioether (sulfide) groups is 1. The Hall–Kier alpha value is -0.190. The average molecular weight is 330 g/mol. The molecule has 0 unspecified atom stereocenters. The van der Waals surface area contributed by atoms with Gasteiger partial charge in [-0.3, -0.25) is 4.90 Å². The summed E-state index contributed by atoms with van der Waals surface area (Å²) in [4.78, 5) is 2.50. The zero-order valence-electron chi connectivity index (χ0n) is 10.8. The molecular formula is C14H20BrNOS. The molecule has 0 radical (unpaired) electrons. The Morgan fingerprint density at radius 2 is 2.17 bits per heavy atom. The molecule has 0 atom stereocenters. The smallest absolute Gasteiger partial charge is 0.120 e. The highest BCUT2D eigenvalue weighted by Crippen LogP contribution is 2.21. The van der Waals surface area contributed by atoms with Crippen molar-refractivity contribution in [3.63, 3.8) is 0 Å². The van der Waals surface area contributed by atoms with Crippen LogP contribution in [0.15, 0.2) is 28.7 Å². The molecule has 1 aliphatic heterocycles. The monoisotopic (exact) mass is 329 g/mol. The lowest BCUT2D eigenvalue weighted by molar-refractivity contribution is 0.186. The van der Waals surface area contributed by atoms with E-state index in [1.165, 1.54) is 25.9 Å². The van der Waals surface area contributed by atoms with E-state index in [9.17, 15) is 0 Å². The fourth-order valence-corrected chi connectivity index (χ4v) is 3.28. The number of hydrogen-bond acceptors (Lipinski definition) is 3. The molecule has 0 aromatic heterocycles. The summed E-state index contributed by atoms with van der Waals surface area (Å²) >= 11 is 5.46. The van der Waals surface area contributed by atoms with Crippen molar-refractivity contribution in [2.45, 2.75) is 18.1 Å². The second-order valence-corrected chi connectivity index (χ2v) is 6.64. The lowest BCUT2D eigenvalue weighted by Gasteiger charge is -2.30. The van der Waals surface area contributed by atoms with Gasteiger partial charge < -0.3 is 4.74 Å². The highest BCUT2D eigenvalue weighted by molar-refractivity contribution is 9.10. The Kier molecular flexibility index (Phi) is 5.86. The van der Waals surface area contributed by atoms with E-state index in [0.29, 0.717) is 0 Å². The van der Waals surface area contributed by atoms with Crippen LogP contribution in [0.3, 0.4) is 0 Å². The molecule has 0 bridgehead atoms. The lowest BCUT2D eigenvalue weighted by Crippen LogP contribution is -2.37. The first kappa shape index (κ1) is 14.2. The summed E-state index contributed by atoms with van der Waals surface area (Å²) in [5.41, 5.74) is 0. The van der Waals surface area contributed by atoms with Crippen LogP contribution in [0.2, 0.25) is 0 Å². The summed E-state index contributed by atoms with van der Waals surface area (Å²) in [6.45, 7) is 4.24. The fourth-order valence-electron chi connectivity index (χ4n) is 2.22. The van der Waals surface area contributed by atoms with E-state index in [2.05, 4.69) is 27.1 Å². The second-order valence-electron chi connectivity index (χ2n) is 4.58. The van der Waals surface area contributed by atoms with E-state index in [0.717, 1.165) is 28.6 Å². The van der Waals surface area contributed by atoms with E-state index in [1.807, 2.05) is 36.0 Å². The first-order valence-electron chi connectivity index (χ1n) is 6.41. The molecule has 0 amide bonds. The van der Waals surface area contributed by atoms with Gasteiger partial charge in [-0.05, 0) is 50.4 Å². The van der Waals surface area contributed by atoms with E-state index in [-0.39, 0.29) is 0 Å². The molecule has 0 spiro atoms. The van der Waals surface area contributed by atoms with Crippen molar-refractivity contribution in [1.82, 2.24) is 4.90 Å². The first-order chi connectivity index (χ1) is 8.78. The highest BCUT2D eigenvalue weighted by atomic mass is 79.9. The summed E-state index contributed by atoms with van der Waals surface area (Å²) in [6, 6.07) is 8.04. The fraction of sp³-hybridized carbons (Fsp3) is 0.571. The molecule has 18 heavy (non-hydrogen) atoms. The van der Waals surface area contributed by atoms with Gasteiger partial charge in [-0.2, -0.15) is 11.8 Å². The largest absolute Gasteiger partial charge is 0.492 e. The normalized spacial score (nSPS) is 17.9. The standard InChI is InChI=1S/C14H20BrNOS/c1-18-14-5-7-16(8-6-14)9-10-17-13-4-2-3-12(15)11-13/h2-4,11,14H,5-10H2,1H3. The van der Waals surface area contributed by atoms with Crippen LogP contribution in [-0.2, 0) is 0 Å². The lowest BCUT2D eigenvalue weighted by atomic mass is 10.1. The molecule has 1 aromatic carbocycles. The Morgan fingerprint density at radius 3 is 2.83 bits per heavy atom. The summed E-state index contributed by atoms with van der Waals surface area (Å²) in [7, 11) is 0. The van der Waals surface area contributed by atoms with Gasteiger partial charge >= 0.3 is 0 Å². The summed E-state index contributed by atoms with van der Waals surface area (Å²) in [6.07, 6.45) is 4.85. The van der Waals surface area contributed by atoms with Gasteiger partial charge in [0.2, 0.25) is 0 Å². The molecule has 2 rings (SSSR count). The molecule has 2 nitrogen and oxygen atoms in total. The average Bonchev–Trinajstić information content (AvgIpc) is 2.40. The summed E-state index contributed by atoms with van der Waals surface area (Å²) in [5, 5.41) is 0.868. The van der Waals surface area contributed by atoms with Crippen LogP contribution in [-0.4, -0.2) is 42.6 Å². The van der Waals surface area contributed by atoms with Crippen molar-refractivity contribution in [3.05, 3.63) is 28.7 Å². The van der Waals surface area contributed by atoms with Crippen LogP contribution in [0.4, 0.5) is 0 Å². The maximum atomic E-state index is 5.77. The van der Waals surface area contributed by atoms with Crippen LogP contribution in [0.1, 0.15) is 12.8 Å². The Balaban J connectivity index is 1.67. The first-order valence-corrected chi connectivity index (χ1v) is 8.49. The molecule has 1 fully saturated rings. The van der Waals surface area contributed by atoms with Crippen molar-refractivity contribution >= 4 is 27.7 Å². The Morgan fingerprint density at radius 1 is 1.39 bits per heavy atom. The van der Waals surface area contributed by atoms with E-state index < -0.39 is 0 Å². The van der Waals surface area contributed by atoms with Crippen LogP contribution in [0.5, 0.6) is 5.75 Å². The minimum absolute atomic E-state index is 0.778. The van der Waals surface area contributed by atoms with E-state index >= 15 is 0 Å². The Labute approximate surface area is 122 Å². The number of halogens is 1. The van der Waals surface area contributed by atoms with Crippen LogP contribution in [0.25, 0.3) is 0 Å². The van der Waals surface area contributed by atoms with Gasteiger partial charge in [-0.1, -0.05) is 22.0 Å². The summed E-state index contributed by atoms with van der Waals surface area (Å²) in [5.74, 6) is 0.948. The zero-order chi connectivity index (χ0) is 12.8. The van der Waals surface area contributed by atoms with Gasteiger partial charge in [0.25, 0.3) is 0 Å². The van der Waals surface area contributed by atoms with Crippen molar-refractivity contribution in [2.75, 3.05) is 32.5 Å². The van der Waals surface area contributed by atoms with Gasteiger partial charge in [0.05, 0.1) is 0 Å². The molecule has 0 aliphatic carbocycles. The van der Waals surface area contributed by atoms with Gasteiger partial charge in [-0.15, -0.1) is 0 Å². The second kappa shape index (κ2) is 7.41. The third-order valence-electron chi connectivity index (χ3n) is 3.34. The highest BCUT2D eigenvalue weighted by Gasteiger charge is 2.17. The third-order valence-corrected chi connectivity index (χ3v) is 4.97. The van der Waals surface area contributed by atoms with Crippen molar-refractivity contribution in [1.29, 1.82) is 0 Å². The van der Waals surface area contributed by atoms with Crippen molar-refractivity contribution in [3.8, 4) is 5.75 Å². The molecule has 1 saturated heterocycles. The zero-order valence-corrected chi connectivity index (χ0v) is 13.2. The van der Waals surface area contributed by atoms with Gasteiger partial charge in [0, 0.05) is 16.3 Å². The number of hydrogen-bond donors (Lipinski definition) is 0. The van der Waals surface area contributed by atoms with Gasteiger partial charge in [0.15, 0.2) is 0 Å². The predicted octanol–water partition coefficient (Wildman–Crippen LogP) is 3.66. The molecule has 0 N–H and O–H groups in total. The molecule has 1 aromatic rings. The number of nitrogens with zero attached hydrogens (tertiary/aromatic N) is 1. The topological polar surface area (TPSA) is 12.5 Å². The summed E-state index contributed by atoms with van der Waals surface area (Å²) < 4.78 is 6.84. The van der Waals surface area contributed by atoms with Gasteiger partial charge in [0.1, 0.15) is 12.4 Å². The van der Waals surface area contributed by atoms with Gasteiger partial charge in [-0.25, -0.2) is 0 Å². The molecular weight excluding hydrogens is 310 g/mol. The molecule has 1 heterocycles. The third kappa shape index (κ3) is 4.48. The number of likely N-dealkylation sites (tertiary alicyclic amines) is 1. The minimum Gasteiger partial charge on any atom is -0.492 e. The maximum Gasteiger partial charge on any atom is 0.120 e. The van der Waals surface area contributed by atoms with E-state index in [4.69, 9.17) is 4.74 Å². The quantitative estimate of drug-likeness (QED) is 0.818.